The van der Waals surface area contributed by atoms with E-state index in [1.54, 1.807) is 25.3 Å². The van der Waals surface area contributed by atoms with E-state index >= 15 is 0 Å². The molecule has 0 aliphatic heterocycles. The van der Waals surface area contributed by atoms with Crippen molar-refractivity contribution in [1.82, 2.24) is 10.1 Å². The monoisotopic (exact) mass is 248 g/mol. The molecule has 2 rings (SSSR count). The Morgan fingerprint density at radius 1 is 1.39 bits per heavy atom. The first-order valence-corrected chi connectivity index (χ1v) is 5.67. The Morgan fingerprint density at radius 2 is 2.17 bits per heavy atom. The SMILES string of the molecule is COC(C)(C)Cc1nc(-c2cccc(O)c2)no1. The van der Waals surface area contributed by atoms with Gasteiger partial charge in [0.25, 0.3) is 0 Å². The Labute approximate surface area is 105 Å². The van der Waals surface area contributed by atoms with Gasteiger partial charge >= 0.3 is 0 Å². The maximum Gasteiger partial charge on any atom is 0.229 e. The van der Waals surface area contributed by atoms with Gasteiger partial charge in [-0.2, -0.15) is 4.98 Å². The van der Waals surface area contributed by atoms with Crippen LogP contribution >= 0.6 is 0 Å². The van der Waals surface area contributed by atoms with Gasteiger partial charge in [-0.25, -0.2) is 0 Å². The summed E-state index contributed by atoms with van der Waals surface area (Å²) >= 11 is 0. The average molecular weight is 248 g/mol. The van der Waals surface area contributed by atoms with E-state index in [2.05, 4.69) is 10.1 Å². The third-order valence-corrected chi connectivity index (χ3v) is 2.70. The number of phenols is 1. The van der Waals surface area contributed by atoms with E-state index in [1.807, 2.05) is 19.9 Å². The predicted octanol–water partition coefficient (Wildman–Crippen LogP) is 2.41. The Hall–Kier alpha value is -1.88. The Balaban J connectivity index is 2.21. The molecule has 1 N–H and O–H groups in total. The number of hydrogen-bond donors (Lipinski definition) is 1. The molecular formula is C13H16N2O3. The van der Waals surface area contributed by atoms with Crippen molar-refractivity contribution in [2.24, 2.45) is 0 Å². The van der Waals surface area contributed by atoms with Crippen molar-refractivity contribution < 1.29 is 14.4 Å². The van der Waals surface area contributed by atoms with Crippen LogP contribution in [0.15, 0.2) is 28.8 Å². The van der Waals surface area contributed by atoms with Gasteiger partial charge < -0.3 is 14.4 Å². The molecule has 5 nitrogen and oxygen atoms in total. The number of methoxy groups -OCH3 is 1. The molecule has 0 saturated carbocycles. The number of rotatable bonds is 4. The Kier molecular flexibility index (Phi) is 3.34. The predicted molar refractivity (Wildman–Crippen MR) is 66.2 cm³/mol. The summed E-state index contributed by atoms with van der Waals surface area (Å²) in [5.74, 6) is 1.16. The van der Waals surface area contributed by atoms with Crippen molar-refractivity contribution in [3.05, 3.63) is 30.2 Å². The number of ether oxygens (including phenoxy) is 1. The highest BCUT2D eigenvalue weighted by molar-refractivity contribution is 5.56. The third kappa shape index (κ3) is 2.87. The number of phenolic OH excluding ortho intramolecular Hbond substituents is 1. The minimum atomic E-state index is -0.345. The molecule has 0 fully saturated rings. The highest BCUT2D eigenvalue weighted by Gasteiger charge is 2.21. The zero-order valence-corrected chi connectivity index (χ0v) is 10.7. The summed E-state index contributed by atoms with van der Waals surface area (Å²) in [5, 5.41) is 13.3. The Bertz CT molecular complexity index is 535. The first-order valence-electron chi connectivity index (χ1n) is 5.67. The standard InChI is InChI=1S/C13H16N2O3/c1-13(2,17-3)8-11-14-12(15-18-11)9-5-4-6-10(16)7-9/h4-7,16H,8H2,1-3H3. The quantitative estimate of drug-likeness (QED) is 0.899. The fraction of sp³-hybridized carbons (Fsp3) is 0.385. The summed E-state index contributed by atoms with van der Waals surface area (Å²) in [6.45, 7) is 3.90. The molecule has 2 aromatic rings. The number of nitrogens with zero attached hydrogens (tertiary/aromatic N) is 2. The second-order valence-electron chi connectivity index (χ2n) is 4.70. The van der Waals surface area contributed by atoms with Crippen LogP contribution in [-0.4, -0.2) is 28.0 Å². The normalized spacial score (nSPS) is 11.7. The molecule has 0 amide bonds. The van der Waals surface area contributed by atoms with Crippen molar-refractivity contribution >= 4 is 0 Å². The van der Waals surface area contributed by atoms with Crippen molar-refractivity contribution in [3.8, 4) is 17.1 Å². The fourth-order valence-corrected chi connectivity index (χ4v) is 1.53. The number of aromatic hydroxyl groups is 1. The van der Waals surface area contributed by atoms with Crippen LogP contribution in [0.2, 0.25) is 0 Å². The molecule has 0 aliphatic carbocycles. The highest BCUT2D eigenvalue weighted by Crippen LogP contribution is 2.22. The largest absolute Gasteiger partial charge is 0.508 e. The smallest absolute Gasteiger partial charge is 0.229 e. The highest BCUT2D eigenvalue weighted by atomic mass is 16.5. The molecule has 0 saturated heterocycles. The molecule has 0 atom stereocenters. The van der Waals surface area contributed by atoms with Crippen LogP contribution in [0.5, 0.6) is 5.75 Å². The van der Waals surface area contributed by atoms with Crippen molar-refractivity contribution in [2.75, 3.05) is 7.11 Å². The number of benzene rings is 1. The summed E-state index contributed by atoms with van der Waals surface area (Å²) in [6.07, 6.45) is 0.537. The summed E-state index contributed by atoms with van der Waals surface area (Å²) in [5.41, 5.74) is 0.378. The van der Waals surface area contributed by atoms with Crippen LogP contribution < -0.4 is 0 Å². The first-order chi connectivity index (χ1) is 8.50. The van der Waals surface area contributed by atoms with Crippen LogP contribution in [0, 0.1) is 0 Å². The molecule has 0 spiro atoms. The maximum absolute atomic E-state index is 9.40. The van der Waals surface area contributed by atoms with E-state index in [9.17, 15) is 5.11 Å². The van der Waals surface area contributed by atoms with Crippen LogP contribution in [0.1, 0.15) is 19.7 Å². The third-order valence-electron chi connectivity index (χ3n) is 2.70. The van der Waals surface area contributed by atoms with Crippen LogP contribution in [0.3, 0.4) is 0 Å². The molecule has 1 aromatic heterocycles. The maximum atomic E-state index is 9.40. The number of aromatic nitrogens is 2. The lowest BCUT2D eigenvalue weighted by Crippen LogP contribution is -2.25. The summed E-state index contributed by atoms with van der Waals surface area (Å²) in [6, 6.07) is 6.74. The minimum Gasteiger partial charge on any atom is -0.508 e. The van der Waals surface area contributed by atoms with Gasteiger partial charge in [0.2, 0.25) is 11.7 Å². The van der Waals surface area contributed by atoms with Crippen molar-refractivity contribution in [3.63, 3.8) is 0 Å². The van der Waals surface area contributed by atoms with E-state index in [0.717, 1.165) is 5.56 Å². The minimum absolute atomic E-state index is 0.177. The molecule has 0 radical (unpaired) electrons. The van der Waals surface area contributed by atoms with Gasteiger partial charge in [-0.3, -0.25) is 0 Å². The Morgan fingerprint density at radius 3 is 2.83 bits per heavy atom. The van der Waals surface area contributed by atoms with E-state index in [4.69, 9.17) is 9.26 Å². The molecule has 18 heavy (non-hydrogen) atoms. The molecule has 1 heterocycles. The summed E-state index contributed by atoms with van der Waals surface area (Å²) in [4.78, 5) is 4.29. The second kappa shape index (κ2) is 4.78. The lowest BCUT2D eigenvalue weighted by molar-refractivity contribution is 0.0170. The second-order valence-corrected chi connectivity index (χ2v) is 4.70. The number of hydrogen-bond acceptors (Lipinski definition) is 5. The van der Waals surface area contributed by atoms with E-state index < -0.39 is 0 Å². The van der Waals surface area contributed by atoms with Gasteiger partial charge in [-0.05, 0) is 26.0 Å². The van der Waals surface area contributed by atoms with Gasteiger partial charge in [0.15, 0.2) is 0 Å². The molecule has 0 unspecified atom stereocenters. The van der Waals surface area contributed by atoms with Gasteiger partial charge in [0.1, 0.15) is 5.75 Å². The molecule has 0 bridgehead atoms. The van der Waals surface area contributed by atoms with Gasteiger partial charge in [0, 0.05) is 12.7 Å². The zero-order valence-electron chi connectivity index (χ0n) is 10.7. The molecule has 1 aromatic carbocycles. The van der Waals surface area contributed by atoms with E-state index in [-0.39, 0.29) is 11.4 Å². The van der Waals surface area contributed by atoms with Crippen LogP contribution in [0.4, 0.5) is 0 Å². The van der Waals surface area contributed by atoms with Crippen LogP contribution in [0.25, 0.3) is 11.4 Å². The van der Waals surface area contributed by atoms with Gasteiger partial charge in [0.05, 0.1) is 12.0 Å². The lowest BCUT2D eigenvalue weighted by Gasteiger charge is -2.19. The van der Waals surface area contributed by atoms with E-state index in [0.29, 0.717) is 18.1 Å². The zero-order chi connectivity index (χ0) is 13.2. The van der Waals surface area contributed by atoms with Crippen molar-refractivity contribution in [1.29, 1.82) is 0 Å². The van der Waals surface area contributed by atoms with E-state index in [1.165, 1.54) is 0 Å². The molecule has 0 aliphatic rings. The lowest BCUT2D eigenvalue weighted by atomic mass is 10.1. The summed E-state index contributed by atoms with van der Waals surface area (Å²) in [7, 11) is 1.65. The topological polar surface area (TPSA) is 68.4 Å². The molecule has 5 heteroatoms. The molecular weight excluding hydrogens is 232 g/mol. The first kappa shape index (κ1) is 12.6. The van der Waals surface area contributed by atoms with Gasteiger partial charge in [-0.15, -0.1) is 0 Å². The van der Waals surface area contributed by atoms with Crippen molar-refractivity contribution in [2.45, 2.75) is 25.9 Å². The fourth-order valence-electron chi connectivity index (χ4n) is 1.53. The van der Waals surface area contributed by atoms with Crippen LogP contribution in [-0.2, 0) is 11.2 Å². The summed E-state index contributed by atoms with van der Waals surface area (Å²) < 4.78 is 10.5. The van der Waals surface area contributed by atoms with Gasteiger partial charge in [-0.1, -0.05) is 17.3 Å². The average Bonchev–Trinajstić information content (AvgIpc) is 2.77. The molecule has 96 valence electrons.